The highest BCUT2D eigenvalue weighted by molar-refractivity contribution is 6.31. The number of halogens is 1. The van der Waals surface area contributed by atoms with Gasteiger partial charge in [-0.05, 0) is 24.6 Å². The summed E-state index contributed by atoms with van der Waals surface area (Å²) in [6, 6.07) is 7.28. The van der Waals surface area contributed by atoms with Crippen LogP contribution < -0.4 is 4.74 Å². The molecule has 0 aliphatic heterocycles. The van der Waals surface area contributed by atoms with Gasteiger partial charge in [-0.15, -0.1) is 0 Å². The molecular weight excluding hydrogens is 252 g/mol. The molecule has 0 saturated carbocycles. The monoisotopic (exact) mass is 266 g/mol. The number of benzene rings is 1. The van der Waals surface area contributed by atoms with Crippen LogP contribution in [0.15, 0.2) is 30.5 Å². The van der Waals surface area contributed by atoms with E-state index in [9.17, 15) is 5.11 Å². The van der Waals surface area contributed by atoms with Crippen molar-refractivity contribution in [2.24, 2.45) is 0 Å². The molecule has 1 atom stereocenters. The molecule has 0 amide bonds. The summed E-state index contributed by atoms with van der Waals surface area (Å²) in [5.41, 5.74) is 1.33. The van der Waals surface area contributed by atoms with Crippen molar-refractivity contribution in [1.29, 1.82) is 0 Å². The summed E-state index contributed by atoms with van der Waals surface area (Å²) in [7, 11) is 1.59. The number of hydrogen-bond donors (Lipinski definition) is 1. The van der Waals surface area contributed by atoms with Crippen LogP contribution in [0.5, 0.6) is 5.75 Å². The second kappa shape index (κ2) is 5.42. The average Bonchev–Trinajstić information content (AvgIpc) is 2.79. The maximum Gasteiger partial charge on any atom is 0.122 e. The third kappa shape index (κ3) is 2.35. The molecular formula is C13H15ClN2O2. The minimum atomic E-state index is -0.810. The summed E-state index contributed by atoms with van der Waals surface area (Å²) in [5.74, 6) is 0.699. The molecule has 96 valence electrons. The van der Waals surface area contributed by atoms with Crippen molar-refractivity contribution in [2.75, 3.05) is 7.11 Å². The number of hydrogen-bond acceptors (Lipinski definition) is 3. The maximum absolute atomic E-state index is 10.4. The molecule has 0 bridgehead atoms. The van der Waals surface area contributed by atoms with E-state index in [4.69, 9.17) is 16.3 Å². The number of methoxy groups -OCH3 is 1. The minimum absolute atomic E-state index is 0.465. The Morgan fingerprint density at radius 1 is 1.50 bits per heavy atom. The molecule has 1 heterocycles. The predicted octanol–water partition coefficient (Wildman–Crippen LogP) is 2.65. The lowest BCUT2D eigenvalue weighted by molar-refractivity contribution is 0.207. The molecule has 0 fully saturated rings. The van der Waals surface area contributed by atoms with Gasteiger partial charge >= 0.3 is 0 Å². The van der Waals surface area contributed by atoms with E-state index in [1.807, 2.05) is 25.1 Å². The largest absolute Gasteiger partial charge is 0.497 e. The van der Waals surface area contributed by atoms with E-state index in [0.29, 0.717) is 23.0 Å². The third-order valence-corrected chi connectivity index (χ3v) is 3.09. The number of rotatable bonds is 4. The SMILES string of the molecule is CCn1ncc(Cl)c1C(O)c1cccc(OC)c1. The van der Waals surface area contributed by atoms with Crippen LogP contribution in [0, 0.1) is 0 Å². The highest BCUT2D eigenvalue weighted by Crippen LogP contribution is 2.29. The van der Waals surface area contributed by atoms with E-state index in [1.54, 1.807) is 24.1 Å². The fraction of sp³-hybridized carbons (Fsp3) is 0.308. The van der Waals surface area contributed by atoms with E-state index < -0.39 is 6.10 Å². The van der Waals surface area contributed by atoms with Gasteiger partial charge in [0.25, 0.3) is 0 Å². The number of aliphatic hydroxyl groups is 1. The van der Waals surface area contributed by atoms with Gasteiger partial charge in [0.05, 0.1) is 24.0 Å². The van der Waals surface area contributed by atoms with Crippen molar-refractivity contribution in [2.45, 2.75) is 19.6 Å². The lowest BCUT2D eigenvalue weighted by atomic mass is 10.1. The molecule has 1 aromatic carbocycles. The first-order chi connectivity index (χ1) is 8.67. The molecule has 1 aromatic heterocycles. The Kier molecular flexibility index (Phi) is 3.89. The van der Waals surface area contributed by atoms with E-state index in [0.717, 1.165) is 5.56 Å². The van der Waals surface area contributed by atoms with Crippen LogP contribution >= 0.6 is 11.6 Å². The summed E-state index contributed by atoms with van der Waals surface area (Å²) in [5, 5.41) is 15.0. The smallest absolute Gasteiger partial charge is 0.122 e. The standard InChI is InChI=1S/C13H15ClN2O2/c1-3-16-12(11(14)8-15-16)13(17)9-5-4-6-10(7-9)18-2/h4-8,13,17H,3H2,1-2H3. The van der Waals surface area contributed by atoms with E-state index in [2.05, 4.69) is 5.10 Å². The summed E-state index contributed by atoms with van der Waals surface area (Å²) in [6.45, 7) is 2.61. The molecule has 2 aromatic rings. The maximum atomic E-state index is 10.4. The van der Waals surface area contributed by atoms with Gasteiger partial charge in [0, 0.05) is 6.54 Å². The van der Waals surface area contributed by atoms with Gasteiger partial charge in [0.15, 0.2) is 0 Å². The van der Waals surface area contributed by atoms with Crippen molar-refractivity contribution in [3.05, 3.63) is 46.7 Å². The van der Waals surface area contributed by atoms with Crippen LogP contribution in [0.3, 0.4) is 0 Å². The van der Waals surface area contributed by atoms with Crippen molar-refractivity contribution >= 4 is 11.6 Å². The normalized spacial score (nSPS) is 12.4. The second-order valence-electron chi connectivity index (χ2n) is 3.87. The zero-order chi connectivity index (χ0) is 13.1. The minimum Gasteiger partial charge on any atom is -0.497 e. The molecule has 2 rings (SSSR count). The first-order valence-electron chi connectivity index (χ1n) is 5.70. The quantitative estimate of drug-likeness (QED) is 0.925. The Hall–Kier alpha value is -1.52. The van der Waals surface area contributed by atoms with Crippen LogP contribution in [0.2, 0.25) is 5.02 Å². The molecule has 1 N–H and O–H groups in total. The Labute approximate surface area is 111 Å². The van der Waals surface area contributed by atoms with Crippen molar-refractivity contribution in [1.82, 2.24) is 9.78 Å². The van der Waals surface area contributed by atoms with Gasteiger partial charge in [-0.3, -0.25) is 4.68 Å². The second-order valence-corrected chi connectivity index (χ2v) is 4.28. The number of aromatic nitrogens is 2. The van der Waals surface area contributed by atoms with Crippen LogP contribution in [-0.4, -0.2) is 22.0 Å². The summed E-state index contributed by atoms with van der Waals surface area (Å²) >= 11 is 6.07. The first kappa shape index (κ1) is 12.9. The topological polar surface area (TPSA) is 47.3 Å². The molecule has 1 unspecified atom stereocenters. The van der Waals surface area contributed by atoms with Gasteiger partial charge in [-0.25, -0.2) is 0 Å². The lowest BCUT2D eigenvalue weighted by Gasteiger charge is -2.14. The molecule has 0 radical (unpaired) electrons. The fourth-order valence-corrected chi connectivity index (χ4v) is 2.11. The first-order valence-corrected chi connectivity index (χ1v) is 6.08. The Morgan fingerprint density at radius 2 is 2.28 bits per heavy atom. The van der Waals surface area contributed by atoms with Crippen LogP contribution in [0.25, 0.3) is 0 Å². The number of nitrogens with zero attached hydrogens (tertiary/aromatic N) is 2. The average molecular weight is 267 g/mol. The van der Waals surface area contributed by atoms with Gasteiger partial charge in [0.2, 0.25) is 0 Å². The van der Waals surface area contributed by atoms with Crippen LogP contribution in [0.1, 0.15) is 24.3 Å². The lowest BCUT2D eigenvalue weighted by Crippen LogP contribution is -2.09. The summed E-state index contributed by atoms with van der Waals surface area (Å²) in [6.07, 6.45) is 0.735. The molecule has 5 heteroatoms. The molecule has 18 heavy (non-hydrogen) atoms. The predicted molar refractivity (Wildman–Crippen MR) is 70.0 cm³/mol. The van der Waals surface area contributed by atoms with Gasteiger partial charge in [-0.2, -0.15) is 5.10 Å². The van der Waals surface area contributed by atoms with E-state index in [1.165, 1.54) is 0 Å². The summed E-state index contributed by atoms with van der Waals surface area (Å²) in [4.78, 5) is 0. The van der Waals surface area contributed by atoms with Gasteiger partial charge in [-0.1, -0.05) is 23.7 Å². The van der Waals surface area contributed by atoms with E-state index >= 15 is 0 Å². The molecule has 0 aliphatic rings. The van der Waals surface area contributed by atoms with Crippen molar-refractivity contribution in [3.63, 3.8) is 0 Å². The number of ether oxygens (including phenoxy) is 1. The number of aliphatic hydroxyl groups excluding tert-OH is 1. The Balaban J connectivity index is 2.40. The highest BCUT2D eigenvalue weighted by Gasteiger charge is 2.19. The van der Waals surface area contributed by atoms with Crippen molar-refractivity contribution < 1.29 is 9.84 Å². The Morgan fingerprint density at radius 3 is 2.94 bits per heavy atom. The van der Waals surface area contributed by atoms with Crippen molar-refractivity contribution in [3.8, 4) is 5.75 Å². The summed E-state index contributed by atoms with van der Waals surface area (Å²) < 4.78 is 6.83. The zero-order valence-corrected chi connectivity index (χ0v) is 11.1. The molecule has 0 saturated heterocycles. The van der Waals surface area contributed by atoms with Crippen LogP contribution in [-0.2, 0) is 6.54 Å². The molecule has 0 spiro atoms. The Bertz CT molecular complexity index is 540. The number of aryl methyl sites for hydroxylation is 1. The fourth-order valence-electron chi connectivity index (χ4n) is 1.87. The van der Waals surface area contributed by atoms with Gasteiger partial charge < -0.3 is 9.84 Å². The zero-order valence-electron chi connectivity index (χ0n) is 10.3. The van der Waals surface area contributed by atoms with E-state index in [-0.39, 0.29) is 0 Å². The molecule has 0 aliphatic carbocycles. The highest BCUT2D eigenvalue weighted by atomic mass is 35.5. The molecule has 4 nitrogen and oxygen atoms in total. The third-order valence-electron chi connectivity index (χ3n) is 2.80. The van der Waals surface area contributed by atoms with Crippen LogP contribution in [0.4, 0.5) is 0 Å². The van der Waals surface area contributed by atoms with Gasteiger partial charge in [0.1, 0.15) is 11.9 Å².